The van der Waals surface area contributed by atoms with Gasteiger partial charge in [0.2, 0.25) is 5.91 Å². The molecule has 1 heterocycles. The van der Waals surface area contributed by atoms with E-state index in [9.17, 15) is 4.79 Å². The minimum Gasteiger partial charge on any atom is -0.497 e. The second-order valence-electron chi connectivity index (χ2n) is 7.56. The summed E-state index contributed by atoms with van der Waals surface area (Å²) in [7, 11) is 5.09. The minimum absolute atomic E-state index is 0.0630. The standard InChI is InChI=1S/C23H35N5O3/c1-6-18(7-2)21-14-20(31-27-21)15-25-23(26-16-22(29)28(3)4)24-13-12-17-8-10-19(30-5)11-9-17/h8-11,14,18H,6-7,12-13,15-16H2,1-5H3,(H2,24,25,26). The van der Waals surface area contributed by atoms with Crippen LogP contribution in [0.1, 0.15) is 49.6 Å². The molecule has 2 aromatic rings. The zero-order valence-electron chi connectivity index (χ0n) is 19.3. The molecule has 0 saturated carbocycles. The van der Waals surface area contributed by atoms with E-state index < -0.39 is 0 Å². The third kappa shape index (κ3) is 7.96. The molecule has 0 bridgehead atoms. The Morgan fingerprint density at radius 3 is 2.52 bits per heavy atom. The molecule has 1 aromatic heterocycles. The van der Waals surface area contributed by atoms with Gasteiger partial charge in [0.1, 0.15) is 12.3 Å². The van der Waals surface area contributed by atoms with Gasteiger partial charge in [-0.2, -0.15) is 0 Å². The monoisotopic (exact) mass is 429 g/mol. The SMILES string of the molecule is CCC(CC)c1cc(CNC(=NCC(=O)N(C)C)NCCc2ccc(OC)cc2)on1. The van der Waals surface area contributed by atoms with Gasteiger partial charge in [-0.15, -0.1) is 0 Å². The van der Waals surface area contributed by atoms with Crippen molar-refractivity contribution in [2.75, 3.05) is 34.3 Å². The number of carbonyl (C=O) groups is 1. The van der Waals surface area contributed by atoms with Crippen molar-refractivity contribution >= 4 is 11.9 Å². The zero-order valence-corrected chi connectivity index (χ0v) is 19.3. The Balaban J connectivity index is 1.95. The summed E-state index contributed by atoms with van der Waals surface area (Å²) >= 11 is 0. The van der Waals surface area contributed by atoms with Crippen molar-refractivity contribution < 1.29 is 14.1 Å². The first-order valence-electron chi connectivity index (χ1n) is 10.8. The van der Waals surface area contributed by atoms with Gasteiger partial charge in [-0.25, -0.2) is 4.99 Å². The molecule has 0 radical (unpaired) electrons. The number of guanidine groups is 1. The molecule has 0 atom stereocenters. The number of hydrogen-bond donors (Lipinski definition) is 2. The highest BCUT2D eigenvalue weighted by Crippen LogP contribution is 2.22. The van der Waals surface area contributed by atoms with Crippen molar-refractivity contribution in [3.63, 3.8) is 0 Å². The van der Waals surface area contributed by atoms with Gasteiger partial charge in [0, 0.05) is 32.6 Å². The second kappa shape index (κ2) is 12.6. The van der Waals surface area contributed by atoms with Gasteiger partial charge in [-0.1, -0.05) is 31.1 Å². The first kappa shape index (κ1) is 24.2. The lowest BCUT2D eigenvalue weighted by Crippen LogP contribution is -2.39. The molecule has 2 N–H and O–H groups in total. The molecule has 0 unspecified atom stereocenters. The van der Waals surface area contributed by atoms with E-state index in [1.54, 1.807) is 21.2 Å². The molecule has 0 aliphatic heterocycles. The predicted molar refractivity (Wildman–Crippen MR) is 122 cm³/mol. The predicted octanol–water partition coefficient (Wildman–Crippen LogP) is 2.95. The molecular weight excluding hydrogens is 394 g/mol. The van der Waals surface area contributed by atoms with Crippen LogP contribution in [0.4, 0.5) is 0 Å². The van der Waals surface area contributed by atoms with E-state index >= 15 is 0 Å². The Morgan fingerprint density at radius 2 is 1.90 bits per heavy atom. The third-order valence-electron chi connectivity index (χ3n) is 5.15. The molecule has 0 saturated heterocycles. The highest BCUT2D eigenvalue weighted by Gasteiger charge is 2.13. The van der Waals surface area contributed by atoms with E-state index in [2.05, 4.69) is 34.6 Å². The Bertz CT molecular complexity index is 826. The van der Waals surface area contributed by atoms with Gasteiger partial charge >= 0.3 is 0 Å². The quantitative estimate of drug-likeness (QED) is 0.421. The number of amides is 1. The molecule has 8 heteroatoms. The lowest BCUT2D eigenvalue weighted by Gasteiger charge is -2.13. The lowest BCUT2D eigenvalue weighted by atomic mass is 9.99. The van der Waals surface area contributed by atoms with Crippen LogP contribution in [-0.2, 0) is 17.8 Å². The van der Waals surface area contributed by atoms with Gasteiger partial charge in [-0.3, -0.25) is 4.79 Å². The van der Waals surface area contributed by atoms with Crippen LogP contribution in [0, 0.1) is 0 Å². The lowest BCUT2D eigenvalue weighted by molar-refractivity contribution is -0.127. The summed E-state index contributed by atoms with van der Waals surface area (Å²) in [5, 5.41) is 10.7. The highest BCUT2D eigenvalue weighted by molar-refractivity contribution is 5.84. The smallest absolute Gasteiger partial charge is 0.243 e. The van der Waals surface area contributed by atoms with Crippen LogP contribution in [0.15, 0.2) is 39.8 Å². The third-order valence-corrected chi connectivity index (χ3v) is 5.15. The number of aromatic nitrogens is 1. The Labute approximate surface area is 185 Å². The number of aliphatic imine (C=N–C) groups is 1. The summed E-state index contributed by atoms with van der Waals surface area (Å²) in [5.41, 5.74) is 2.16. The molecule has 1 amide bonds. The van der Waals surface area contributed by atoms with E-state index in [4.69, 9.17) is 9.26 Å². The average molecular weight is 430 g/mol. The Hall–Kier alpha value is -3.03. The summed E-state index contributed by atoms with van der Waals surface area (Å²) < 4.78 is 10.7. The molecule has 170 valence electrons. The van der Waals surface area contributed by atoms with E-state index in [1.807, 2.05) is 30.3 Å². The van der Waals surface area contributed by atoms with Gasteiger partial charge < -0.3 is 24.8 Å². The maximum absolute atomic E-state index is 11.9. The van der Waals surface area contributed by atoms with Crippen LogP contribution < -0.4 is 15.4 Å². The van der Waals surface area contributed by atoms with E-state index in [1.165, 1.54) is 10.5 Å². The molecule has 2 rings (SSSR count). The number of methoxy groups -OCH3 is 1. The van der Waals surface area contributed by atoms with Crippen LogP contribution in [0.25, 0.3) is 0 Å². The van der Waals surface area contributed by atoms with Crippen LogP contribution in [-0.4, -0.2) is 56.2 Å². The fourth-order valence-electron chi connectivity index (χ4n) is 3.06. The summed E-state index contributed by atoms with van der Waals surface area (Å²) in [5.74, 6) is 2.48. The minimum atomic E-state index is -0.0630. The Kier molecular flexibility index (Phi) is 9.87. The number of rotatable bonds is 11. The molecule has 8 nitrogen and oxygen atoms in total. The van der Waals surface area contributed by atoms with E-state index in [0.29, 0.717) is 25.0 Å². The number of nitrogens with zero attached hydrogens (tertiary/aromatic N) is 3. The molecule has 1 aromatic carbocycles. The van der Waals surface area contributed by atoms with Crippen molar-refractivity contribution in [3.8, 4) is 5.75 Å². The second-order valence-corrected chi connectivity index (χ2v) is 7.56. The maximum Gasteiger partial charge on any atom is 0.243 e. The molecule has 0 aliphatic carbocycles. The fourth-order valence-corrected chi connectivity index (χ4v) is 3.06. The first-order valence-corrected chi connectivity index (χ1v) is 10.8. The normalized spacial score (nSPS) is 11.5. The van der Waals surface area contributed by atoms with Crippen LogP contribution >= 0.6 is 0 Å². The maximum atomic E-state index is 11.9. The molecule has 0 fully saturated rings. The Morgan fingerprint density at radius 1 is 1.19 bits per heavy atom. The van der Waals surface area contributed by atoms with E-state index in [0.717, 1.165) is 36.5 Å². The van der Waals surface area contributed by atoms with Gasteiger partial charge in [0.05, 0.1) is 19.3 Å². The van der Waals surface area contributed by atoms with Crippen molar-refractivity contribution in [2.45, 2.75) is 45.6 Å². The van der Waals surface area contributed by atoms with Gasteiger partial charge in [0.15, 0.2) is 11.7 Å². The van der Waals surface area contributed by atoms with Crippen LogP contribution in [0.5, 0.6) is 5.75 Å². The number of nitrogens with one attached hydrogen (secondary N) is 2. The summed E-state index contributed by atoms with van der Waals surface area (Å²) in [6, 6.07) is 9.95. The van der Waals surface area contributed by atoms with Gasteiger partial charge in [0.25, 0.3) is 0 Å². The van der Waals surface area contributed by atoms with Crippen molar-refractivity contribution in [2.24, 2.45) is 4.99 Å². The fraction of sp³-hybridized carbons (Fsp3) is 0.522. The molecule has 0 spiro atoms. The largest absolute Gasteiger partial charge is 0.497 e. The first-order chi connectivity index (χ1) is 15.0. The van der Waals surface area contributed by atoms with Crippen molar-refractivity contribution in [3.05, 3.63) is 47.3 Å². The van der Waals surface area contributed by atoms with Gasteiger partial charge in [-0.05, 0) is 37.0 Å². The van der Waals surface area contributed by atoms with Crippen LogP contribution in [0.2, 0.25) is 0 Å². The zero-order chi connectivity index (χ0) is 22.6. The number of hydrogen-bond acceptors (Lipinski definition) is 5. The molecule has 31 heavy (non-hydrogen) atoms. The summed E-state index contributed by atoms with van der Waals surface area (Å²) in [6.07, 6.45) is 2.87. The average Bonchev–Trinajstić information content (AvgIpc) is 3.25. The van der Waals surface area contributed by atoms with Crippen molar-refractivity contribution in [1.29, 1.82) is 0 Å². The molecule has 0 aliphatic rings. The topological polar surface area (TPSA) is 92.0 Å². The number of ether oxygens (including phenoxy) is 1. The van der Waals surface area contributed by atoms with E-state index in [-0.39, 0.29) is 12.5 Å². The summed E-state index contributed by atoms with van der Waals surface area (Å²) in [4.78, 5) is 17.9. The number of benzene rings is 1. The highest BCUT2D eigenvalue weighted by atomic mass is 16.5. The summed E-state index contributed by atoms with van der Waals surface area (Å²) in [6.45, 7) is 5.49. The van der Waals surface area contributed by atoms with Crippen molar-refractivity contribution in [1.82, 2.24) is 20.7 Å². The number of carbonyl (C=O) groups excluding carboxylic acids is 1. The van der Waals surface area contributed by atoms with Crippen LogP contribution in [0.3, 0.4) is 0 Å². The number of likely N-dealkylation sites (N-methyl/N-ethyl adjacent to an activating group) is 1. The molecular formula is C23H35N5O3.